The van der Waals surface area contributed by atoms with Gasteiger partial charge in [0, 0.05) is 17.5 Å². The van der Waals surface area contributed by atoms with Crippen LogP contribution in [-0.2, 0) is 0 Å². The van der Waals surface area contributed by atoms with Crippen LogP contribution in [0.4, 0.5) is 0 Å². The van der Waals surface area contributed by atoms with Crippen LogP contribution in [-0.4, -0.2) is 36.1 Å². The van der Waals surface area contributed by atoms with Gasteiger partial charge in [-0.3, -0.25) is 10.8 Å². The number of aliphatic hydroxyl groups is 1. The molecule has 7 N–H and O–H groups in total. The van der Waals surface area contributed by atoms with Crippen LogP contribution in [0, 0.1) is 10.8 Å². The molecule has 0 aromatic heterocycles. The van der Waals surface area contributed by atoms with E-state index in [1.807, 2.05) is 0 Å². The molecule has 0 heterocycles. The highest BCUT2D eigenvalue weighted by Crippen LogP contribution is 2.14. The summed E-state index contributed by atoms with van der Waals surface area (Å²) in [5, 5.41) is 24.6. The molecular formula is C18H24Cl2N4O3. The molecule has 2 aromatic rings. The van der Waals surface area contributed by atoms with E-state index in [2.05, 4.69) is 0 Å². The minimum atomic E-state index is -0.663. The van der Waals surface area contributed by atoms with Gasteiger partial charge in [0.05, 0.1) is 12.7 Å². The maximum atomic E-state index is 9.94. The summed E-state index contributed by atoms with van der Waals surface area (Å²) >= 11 is 0. The summed E-state index contributed by atoms with van der Waals surface area (Å²) in [5.74, 6) is 1.26. The Labute approximate surface area is 170 Å². The van der Waals surface area contributed by atoms with Crippen LogP contribution in [0.15, 0.2) is 48.5 Å². The first-order valence-corrected chi connectivity index (χ1v) is 7.78. The van der Waals surface area contributed by atoms with E-state index in [1.54, 1.807) is 48.5 Å². The molecule has 148 valence electrons. The van der Waals surface area contributed by atoms with Crippen molar-refractivity contribution in [3.05, 3.63) is 59.7 Å². The van der Waals surface area contributed by atoms with Crippen LogP contribution in [0.2, 0.25) is 0 Å². The average Bonchev–Trinajstić information content (AvgIpc) is 2.60. The monoisotopic (exact) mass is 414 g/mol. The van der Waals surface area contributed by atoms with Crippen molar-refractivity contribution < 1.29 is 14.6 Å². The number of ether oxygens (including phenoxy) is 2. The fourth-order valence-corrected chi connectivity index (χ4v) is 2.05. The Morgan fingerprint density at radius 2 is 1.22 bits per heavy atom. The maximum Gasteiger partial charge on any atom is 0.122 e. The molecule has 0 amide bonds. The normalized spacial score (nSPS) is 10.7. The number of rotatable bonds is 9. The molecular weight excluding hydrogens is 391 g/mol. The van der Waals surface area contributed by atoms with Gasteiger partial charge in [0.1, 0.15) is 29.8 Å². The zero-order valence-corrected chi connectivity index (χ0v) is 16.2. The first kappa shape index (κ1) is 24.5. The summed E-state index contributed by atoms with van der Waals surface area (Å²) in [5.41, 5.74) is 12.0. The predicted octanol–water partition coefficient (Wildman–Crippen LogP) is 2.31. The van der Waals surface area contributed by atoms with Gasteiger partial charge >= 0.3 is 0 Å². The molecule has 0 saturated carbocycles. The standard InChI is InChI=1S/C18H22N4O3.2ClH/c19-17(20)12-1-5-15(6-2-12)24-10-9-14(23)11-25-16-7-3-13(4-8-16)18(21)22;;/h1-8,14,23H,9-11H2,(H3,19,20)(H3,21,22);2*1H. The third-order valence-electron chi connectivity index (χ3n) is 3.49. The van der Waals surface area contributed by atoms with Gasteiger partial charge in [0.15, 0.2) is 0 Å². The fourth-order valence-electron chi connectivity index (χ4n) is 2.05. The van der Waals surface area contributed by atoms with Crippen LogP contribution < -0.4 is 20.9 Å². The van der Waals surface area contributed by atoms with Crippen molar-refractivity contribution >= 4 is 36.5 Å². The van der Waals surface area contributed by atoms with Gasteiger partial charge in [-0.1, -0.05) is 0 Å². The summed E-state index contributed by atoms with van der Waals surface area (Å²) in [6.45, 7) is 0.485. The Balaban J connectivity index is 0.00000338. The summed E-state index contributed by atoms with van der Waals surface area (Å²) < 4.78 is 11.0. The quantitative estimate of drug-likeness (QED) is 0.316. The van der Waals surface area contributed by atoms with E-state index < -0.39 is 6.10 Å². The molecule has 27 heavy (non-hydrogen) atoms. The average molecular weight is 415 g/mol. The second kappa shape index (κ2) is 12.0. The van der Waals surface area contributed by atoms with Crippen molar-refractivity contribution in [3.63, 3.8) is 0 Å². The molecule has 0 saturated heterocycles. The zero-order chi connectivity index (χ0) is 18.2. The summed E-state index contributed by atoms with van der Waals surface area (Å²) in [7, 11) is 0. The van der Waals surface area contributed by atoms with E-state index in [4.69, 9.17) is 31.8 Å². The molecule has 0 spiro atoms. The molecule has 0 aliphatic rings. The van der Waals surface area contributed by atoms with Crippen molar-refractivity contribution in [3.8, 4) is 11.5 Å². The minimum absolute atomic E-state index is 0. The molecule has 2 rings (SSSR count). The Morgan fingerprint density at radius 1 is 0.815 bits per heavy atom. The molecule has 9 heteroatoms. The van der Waals surface area contributed by atoms with Crippen molar-refractivity contribution in [1.82, 2.24) is 0 Å². The van der Waals surface area contributed by atoms with Gasteiger partial charge in [0.25, 0.3) is 0 Å². The number of amidine groups is 2. The van der Waals surface area contributed by atoms with Gasteiger partial charge < -0.3 is 26.0 Å². The van der Waals surface area contributed by atoms with E-state index in [0.717, 1.165) is 0 Å². The number of nitrogens with one attached hydrogen (secondary N) is 2. The number of nitrogen functional groups attached to an aromatic ring is 2. The second-order valence-corrected chi connectivity index (χ2v) is 5.48. The van der Waals surface area contributed by atoms with E-state index >= 15 is 0 Å². The highest BCUT2D eigenvalue weighted by atomic mass is 35.5. The highest BCUT2D eigenvalue weighted by Gasteiger charge is 2.07. The van der Waals surface area contributed by atoms with Gasteiger partial charge in [-0.15, -0.1) is 24.8 Å². The van der Waals surface area contributed by atoms with Crippen molar-refractivity contribution in [2.24, 2.45) is 11.5 Å². The number of hydrogen-bond donors (Lipinski definition) is 5. The SMILES string of the molecule is Cl.Cl.N=C(N)c1ccc(OCCC(O)COc2ccc(C(=N)N)cc2)cc1. The topological polar surface area (TPSA) is 138 Å². The van der Waals surface area contributed by atoms with Crippen molar-refractivity contribution in [2.75, 3.05) is 13.2 Å². The third kappa shape index (κ3) is 8.17. The number of hydrogen-bond acceptors (Lipinski definition) is 5. The lowest BCUT2D eigenvalue weighted by Gasteiger charge is -2.13. The largest absolute Gasteiger partial charge is 0.493 e. The molecule has 1 atom stereocenters. The first-order chi connectivity index (χ1) is 12.0. The first-order valence-electron chi connectivity index (χ1n) is 7.78. The van der Waals surface area contributed by atoms with Crippen LogP contribution in [0.3, 0.4) is 0 Å². The van der Waals surface area contributed by atoms with Gasteiger partial charge in [0.2, 0.25) is 0 Å². The number of benzene rings is 2. The maximum absolute atomic E-state index is 9.94. The summed E-state index contributed by atoms with van der Waals surface area (Å²) in [6.07, 6.45) is -0.246. The Kier molecular flexibility index (Phi) is 10.9. The van der Waals surface area contributed by atoms with E-state index in [0.29, 0.717) is 35.7 Å². The lowest BCUT2D eigenvalue weighted by molar-refractivity contribution is 0.0858. The Bertz CT molecular complexity index is 724. The minimum Gasteiger partial charge on any atom is -0.493 e. The van der Waals surface area contributed by atoms with Crippen LogP contribution in [0.1, 0.15) is 17.5 Å². The number of nitrogens with two attached hydrogens (primary N) is 2. The Morgan fingerprint density at radius 3 is 1.63 bits per heavy atom. The molecule has 0 bridgehead atoms. The molecule has 0 fully saturated rings. The summed E-state index contributed by atoms with van der Waals surface area (Å²) in [6, 6.07) is 13.7. The highest BCUT2D eigenvalue weighted by molar-refractivity contribution is 5.95. The summed E-state index contributed by atoms with van der Waals surface area (Å²) in [4.78, 5) is 0. The van der Waals surface area contributed by atoms with E-state index in [9.17, 15) is 5.11 Å². The fraction of sp³-hybridized carbons (Fsp3) is 0.222. The lowest BCUT2D eigenvalue weighted by Crippen LogP contribution is -2.20. The molecule has 0 aliphatic heterocycles. The lowest BCUT2D eigenvalue weighted by atomic mass is 10.2. The van der Waals surface area contributed by atoms with E-state index in [-0.39, 0.29) is 43.1 Å². The third-order valence-corrected chi connectivity index (χ3v) is 3.49. The van der Waals surface area contributed by atoms with Crippen LogP contribution >= 0.6 is 24.8 Å². The van der Waals surface area contributed by atoms with Crippen LogP contribution in [0.25, 0.3) is 0 Å². The zero-order valence-electron chi connectivity index (χ0n) is 14.6. The van der Waals surface area contributed by atoms with Crippen molar-refractivity contribution in [2.45, 2.75) is 12.5 Å². The smallest absolute Gasteiger partial charge is 0.122 e. The predicted molar refractivity (Wildman–Crippen MR) is 111 cm³/mol. The molecule has 1 unspecified atom stereocenters. The van der Waals surface area contributed by atoms with Crippen LogP contribution in [0.5, 0.6) is 11.5 Å². The van der Waals surface area contributed by atoms with E-state index in [1.165, 1.54) is 0 Å². The van der Waals surface area contributed by atoms with Gasteiger partial charge in [-0.05, 0) is 48.5 Å². The number of halogens is 2. The molecule has 2 aromatic carbocycles. The molecule has 0 aliphatic carbocycles. The van der Waals surface area contributed by atoms with Gasteiger partial charge in [-0.2, -0.15) is 0 Å². The Hall–Kier alpha value is -2.48. The number of aliphatic hydroxyl groups excluding tert-OH is 1. The second-order valence-electron chi connectivity index (χ2n) is 5.48. The van der Waals surface area contributed by atoms with Crippen molar-refractivity contribution in [1.29, 1.82) is 10.8 Å². The van der Waals surface area contributed by atoms with Gasteiger partial charge in [-0.25, -0.2) is 0 Å². The molecule has 7 nitrogen and oxygen atoms in total. The molecule has 0 radical (unpaired) electrons.